The normalized spacial score (nSPS) is 18.5. The summed E-state index contributed by atoms with van der Waals surface area (Å²) in [5, 5.41) is 0. The molecule has 0 atom stereocenters. The minimum Gasteiger partial charge on any atom is -0.321 e. The molecule has 1 aliphatic carbocycles. The first-order valence-corrected chi connectivity index (χ1v) is 7.41. The first-order valence-electron chi connectivity index (χ1n) is 7.41. The molecule has 4 rings (SSSR count). The Bertz CT molecular complexity index is 812. The van der Waals surface area contributed by atoms with Crippen molar-refractivity contribution in [1.29, 1.82) is 0 Å². The second-order valence-corrected chi connectivity index (χ2v) is 7.25. The van der Waals surface area contributed by atoms with Gasteiger partial charge in [0.15, 0.2) is 11.3 Å². The highest BCUT2D eigenvalue weighted by Crippen LogP contribution is 2.47. The molecule has 0 bridgehead atoms. The summed E-state index contributed by atoms with van der Waals surface area (Å²) in [5.74, 6) is 0.704. The summed E-state index contributed by atoms with van der Waals surface area (Å²) in [6.07, 6.45) is 6.00. The van der Waals surface area contributed by atoms with Crippen molar-refractivity contribution in [1.82, 2.24) is 29.9 Å². The van der Waals surface area contributed by atoms with E-state index in [-0.39, 0.29) is 10.8 Å². The second kappa shape index (κ2) is 4.09. The monoisotopic (exact) mass is 294 g/mol. The topological polar surface area (TPSA) is 80.2 Å². The predicted octanol–water partition coefficient (Wildman–Crippen LogP) is 2.77. The highest BCUT2D eigenvalue weighted by atomic mass is 15.1. The van der Waals surface area contributed by atoms with Crippen molar-refractivity contribution in [3.05, 3.63) is 30.1 Å². The number of rotatable bonds is 1. The van der Waals surface area contributed by atoms with Crippen molar-refractivity contribution in [2.24, 2.45) is 0 Å². The minimum atomic E-state index is 0.0228. The van der Waals surface area contributed by atoms with Gasteiger partial charge < -0.3 is 4.98 Å². The molecule has 6 heteroatoms. The molecule has 0 spiro atoms. The number of H-pyrrole nitrogens is 1. The maximum atomic E-state index is 4.83. The lowest BCUT2D eigenvalue weighted by Crippen LogP contribution is -2.18. The van der Waals surface area contributed by atoms with Gasteiger partial charge >= 0.3 is 0 Å². The third-order valence-corrected chi connectivity index (χ3v) is 4.33. The summed E-state index contributed by atoms with van der Waals surface area (Å²) >= 11 is 0. The molecule has 22 heavy (non-hydrogen) atoms. The van der Waals surface area contributed by atoms with Crippen LogP contribution in [-0.4, -0.2) is 29.9 Å². The van der Waals surface area contributed by atoms with Gasteiger partial charge in [-0.2, -0.15) is 0 Å². The van der Waals surface area contributed by atoms with E-state index in [1.165, 1.54) is 6.33 Å². The van der Waals surface area contributed by atoms with Gasteiger partial charge in [-0.3, -0.25) is 0 Å². The average molecular weight is 294 g/mol. The number of fused-ring (bicyclic) bond motifs is 2. The molecular formula is C16H18N6. The fourth-order valence-electron chi connectivity index (χ4n) is 3.61. The Morgan fingerprint density at radius 3 is 2.23 bits per heavy atom. The van der Waals surface area contributed by atoms with Crippen molar-refractivity contribution in [2.75, 3.05) is 0 Å². The Kier molecular flexibility index (Phi) is 2.47. The van der Waals surface area contributed by atoms with Gasteiger partial charge in [-0.15, -0.1) is 0 Å². The summed E-state index contributed by atoms with van der Waals surface area (Å²) in [4.78, 5) is 25.5. The average Bonchev–Trinajstić information content (AvgIpc) is 2.95. The number of imidazole rings is 1. The number of hydrogen-bond acceptors (Lipinski definition) is 5. The molecule has 0 saturated heterocycles. The van der Waals surface area contributed by atoms with E-state index in [1.54, 1.807) is 12.4 Å². The van der Waals surface area contributed by atoms with Crippen LogP contribution >= 0.6 is 0 Å². The van der Waals surface area contributed by atoms with Crippen LogP contribution in [0.4, 0.5) is 0 Å². The molecule has 112 valence electrons. The fraction of sp³-hybridized carbons (Fsp3) is 0.438. The smallest absolute Gasteiger partial charge is 0.198 e. The van der Waals surface area contributed by atoms with Gasteiger partial charge in [-0.25, -0.2) is 24.9 Å². The molecule has 0 aromatic carbocycles. The van der Waals surface area contributed by atoms with Crippen LogP contribution in [0.5, 0.6) is 0 Å². The predicted molar refractivity (Wildman–Crippen MR) is 83.4 cm³/mol. The van der Waals surface area contributed by atoms with E-state index in [9.17, 15) is 0 Å². The van der Waals surface area contributed by atoms with Crippen LogP contribution in [0.1, 0.15) is 45.5 Å². The Morgan fingerprint density at radius 2 is 1.55 bits per heavy atom. The first-order chi connectivity index (χ1) is 10.4. The van der Waals surface area contributed by atoms with Gasteiger partial charge in [0.1, 0.15) is 12.2 Å². The lowest BCUT2D eigenvalue weighted by molar-refractivity contribution is 0.396. The van der Waals surface area contributed by atoms with Crippen LogP contribution in [0.25, 0.3) is 22.7 Å². The second-order valence-electron chi connectivity index (χ2n) is 7.25. The van der Waals surface area contributed by atoms with Crippen LogP contribution < -0.4 is 0 Å². The summed E-state index contributed by atoms with van der Waals surface area (Å²) in [6.45, 7) is 8.90. The van der Waals surface area contributed by atoms with Crippen molar-refractivity contribution in [2.45, 2.75) is 44.9 Å². The number of nitrogens with one attached hydrogen (secondary N) is 1. The number of aromatic nitrogens is 6. The van der Waals surface area contributed by atoms with Crippen molar-refractivity contribution in [3.63, 3.8) is 0 Å². The summed E-state index contributed by atoms with van der Waals surface area (Å²) < 4.78 is 0. The molecule has 1 aliphatic rings. The molecule has 3 aromatic rings. The number of aromatic amines is 1. The van der Waals surface area contributed by atoms with Crippen molar-refractivity contribution < 1.29 is 0 Å². The molecule has 0 radical (unpaired) electrons. The van der Waals surface area contributed by atoms with Gasteiger partial charge in [0.05, 0.1) is 17.0 Å². The molecule has 1 N–H and O–H groups in total. The van der Waals surface area contributed by atoms with Gasteiger partial charge in [-0.05, 0) is 6.42 Å². The van der Waals surface area contributed by atoms with Crippen LogP contribution in [0, 0.1) is 0 Å². The molecule has 0 amide bonds. The summed E-state index contributed by atoms with van der Waals surface area (Å²) in [6, 6.07) is 0. The van der Waals surface area contributed by atoms with Gasteiger partial charge in [0.25, 0.3) is 0 Å². The Morgan fingerprint density at radius 1 is 0.909 bits per heavy atom. The Labute approximate surface area is 128 Å². The fourth-order valence-corrected chi connectivity index (χ4v) is 3.61. The third-order valence-electron chi connectivity index (χ3n) is 4.33. The first kappa shape index (κ1) is 13.3. The van der Waals surface area contributed by atoms with E-state index < -0.39 is 0 Å². The maximum Gasteiger partial charge on any atom is 0.198 e. The van der Waals surface area contributed by atoms with Crippen LogP contribution in [-0.2, 0) is 10.8 Å². The van der Waals surface area contributed by atoms with E-state index in [0.29, 0.717) is 11.5 Å². The zero-order valence-corrected chi connectivity index (χ0v) is 13.2. The molecular weight excluding hydrogens is 276 g/mol. The van der Waals surface area contributed by atoms with Gasteiger partial charge in [0, 0.05) is 23.2 Å². The van der Waals surface area contributed by atoms with Gasteiger partial charge in [0.2, 0.25) is 0 Å². The van der Waals surface area contributed by atoms with E-state index >= 15 is 0 Å². The van der Waals surface area contributed by atoms with Crippen LogP contribution in [0.2, 0.25) is 0 Å². The number of nitrogens with zero attached hydrogens (tertiary/aromatic N) is 5. The number of hydrogen-bond donors (Lipinski definition) is 1. The zero-order valence-electron chi connectivity index (χ0n) is 13.2. The summed E-state index contributed by atoms with van der Waals surface area (Å²) in [5.41, 5.74) is 4.40. The molecule has 0 fully saturated rings. The zero-order chi connectivity index (χ0) is 15.5. The van der Waals surface area contributed by atoms with Crippen molar-refractivity contribution in [3.8, 4) is 11.4 Å². The van der Waals surface area contributed by atoms with Crippen LogP contribution in [0.3, 0.4) is 0 Å². The highest BCUT2D eigenvalue weighted by molar-refractivity contribution is 5.72. The van der Waals surface area contributed by atoms with E-state index in [1.807, 2.05) is 0 Å². The van der Waals surface area contributed by atoms with E-state index in [2.05, 4.69) is 47.6 Å². The maximum absolute atomic E-state index is 4.83. The largest absolute Gasteiger partial charge is 0.321 e. The van der Waals surface area contributed by atoms with E-state index in [4.69, 9.17) is 9.97 Å². The van der Waals surface area contributed by atoms with Crippen molar-refractivity contribution >= 4 is 11.3 Å². The Balaban J connectivity index is 1.93. The lowest BCUT2D eigenvalue weighted by atomic mass is 9.83. The molecule has 0 aliphatic heterocycles. The highest BCUT2D eigenvalue weighted by Gasteiger charge is 2.45. The lowest BCUT2D eigenvalue weighted by Gasteiger charge is -2.21. The molecule has 6 nitrogen and oxygen atoms in total. The quantitative estimate of drug-likeness (QED) is 0.746. The SMILES string of the molecule is CC1(C)CC(C)(C)c2nc3[nH]c(-c4cncnc4)nc3nc21. The van der Waals surface area contributed by atoms with Crippen LogP contribution in [0.15, 0.2) is 18.7 Å². The standard InChI is InChI=1S/C16H18N6/c1-15(2)7-16(3,4)11-10(15)19-13-14(20-11)22-12(21-13)9-5-17-8-18-6-9/h5-6,8H,7H2,1-4H3,(H,19,20,21,22). The molecule has 0 unspecified atom stereocenters. The van der Waals surface area contributed by atoms with Gasteiger partial charge in [-0.1, -0.05) is 27.7 Å². The third kappa shape index (κ3) is 1.83. The molecule has 3 heterocycles. The minimum absolute atomic E-state index is 0.0228. The van der Waals surface area contributed by atoms with E-state index in [0.717, 1.165) is 29.0 Å². The Hall–Kier alpha value is -2.37. The molecule has 3 aromatic heterocycles. The molecule has 0 saturated carbocycles. The summed E-state index contributed by atoms with van der Waals surface area (Å²) in [7, 11) is 0.